The van der Waals surface area contributed by atoms with E-state index in [1.807, 2.05) is 12.1 Å². The molecule has 3 aromatic rings. The summed E-state index contributed by atoms with van der Waals surface area (Å²) in [4.78, 5) is 24.6. The zero-order valence-corrected chi connectivity index (χ0v) is 19.0. The van der Waals surface area contributed by atoms with Crippen LogP contribution in [0.3, 0.4) is 0 Å². The first kappa shape index (κ1) is 22.3. The maximum atomic E-state index is 12.4. The average molecular weight is 530 g/mol. The van der Waals surface area contributed by atoms with E-state index in [0.717, 1.165) is 3.57 Å². The molecular weight excluding hydrogens is 511 g/mol. The zero-order valence-electron chi connectivity index (χ0n) is 16.8. The van der Waals surface area contributed by atoms with Gasteiger partial charge in [0.05, 0.1) is 31.6 Å². The molecule has 0 aromatic heterocycles. The molecule has 0 heterocycles. The highest BCUT2D eigenvalue weighted by molar-refractivity contribution is 14.1. The van der Waals surface area contributed by atoms with Gasteiger partial charge >= 0.3 is 5.97 Å². The fourth-order valence-electron chi connectivity index (χ4n) is 2.61. The Hall–Kier alpha value is -3.40. The summed E-state index contributed by atoms with van der Waals surface area (Å²) in [5.41, 5.74) is 4.07. The summed E-state index contributed by atoms with van der Waals surface area (Å²) in [7, 11) is 3.02. The van der Waals surface area contributed by atoms with Crippen molar-refractivity contribution in [3.63, 3.8) is 0 Å². The number of methoxy groups -OCH3 is 2. The lowest BCUT2D eigenvalue weighted by Gasteiger charge is -2.10. The molecule has 0 saturated heterocycles. The fourth-order valence-corrected chi connectivity index (χ4v) is 3.24. The SMILES string of the molecule is COc1ccc(C(=O)Oc2ccc(C=NNC(=O)c3ccccc3I)cc2OC)cc1. The van der Waals surface area contributed by atoms with Crippen molar-refractivity contribution in [1.82, 2.24) is 5.43 Å². The Morgan fingerprint density at radius 2 is 1.68 bits per heavy atom. The van der Waals surface area contributed by atoms with Gasteiger partial charge in [0.1, 0.15) is 5.75 Å². The first-order valence-corrected chi connectivity index (χ1v) is 10.2. The molecule has 0 fully saturated rings. The largest absolute Gasteiger partial charge is 0.497 e. The van der Waals surface area contributed by atoms with Crippen LogP contribution in [0.15, 0.2) is 71.8 Å². The molecule has 0 unspecified atom stereocenters. The molecule has 31 heavy (non-hydrogen) atoms. The van der Waals surface area contributed by atoms with E-state index in [4.69, 9.17) is 14.2 Å². The number of carbonyl (C=O) groups is 2. The van der Waals surface area contributed by atoms with Crippen molar-refractivity contribution in [1.29, 1.82) is 0 Å². The third-order valence-electron chi connectivity index (χ3n) is 4.21. The molecule has 0 atom stereocenters. The molecule has 1 N–H and O–H groups in total. The molecule has 1 amide bonds. The third kappa shape index (κ3) is 5.82. The van der Waals surface area contributed by atoms with E-state index in [9.17, 15) is 9.59 Å². The van der Waals surface area contributed by atoms with E-state index >= 15 is 0 Å². The quantitative estimate of drug-likeness (QED) is 0.162. The van der Waals surface area contributed by atoms with Crippen LogP contribution in [0.25, 0.3) is 0 Å². The number of esters is 1. The van der Waals surface area contributed by atoms with Gasteiger partial charge in [0, 0.05) is 3.57 Å². The van der Waals surface area contributed by atoms with E-state index in [1.54, 1.807) is 61.7 Å². The Morgan fingerprint density at radius 1 is 0.935 bits per heavy atom. The topological polar surface area (TPSA) is 86.2 Å². The van der Waals surface area contributed by atoms with Crippen LogP contribution in [0.1, 0.15) is 26.3 Å². The molecule has 3 rings (SSSR count). The molecule has 0 spiro atoms. The van der Waals surface area contributed by atoms with Gasteiger partial charge in [-0.05, 0) is 82.8 Å². The highest BCUT2D eigenvalue weighted by Gasteiger charge is 2.13. The molecule has 0 aliphatic heterocycles. The Kier molecular flexibility index (Phi) is 7.60. The first-order chi connectivity index (χ1) is 15.0. The van der Waals surface area contributed by atoms with Crippen molar-refractivity contribution >= 4 is 40.7 Å². The summed E-state index contributed by atoms with van der Waals surface area (Å²) in [6.07, 6.45) is 1.48. The summed E-state index contributed by atoms with van der Waals surface area (Å²) in [5.74, 6) is 0.440. The van der Waals surface area contributed by atoms with Crippen molar-refractivity contribution in [3.05, 3.63) is 87.0 Å². The number of nitrogens with zero attached hydrogens (tertiary/aromatic N) is 1. The van der Waals surface area contributed by atoms with Crippen LogP contribution in [0, 0.1) is 3.57 Å². The second kappa shape index (κ2) is 10.6. The number of hydrogen-bond acceptors (Lipinski definition) is 6. The number of carbonyl (C=O) groups excluding carboxylic acids is 2. The van der Waals surface area contributed by atoms with Gasteiger partial charge in [-0.3, -0.25) is 4.79 Å². The standard InChI is InChI=1S/C23H19IN2O5/c1-29-17-10-8-16(9-11-17)23(28)31-20-12-7-15(13-21(20)30-2)14-25-26-22(27)18-5-3-4-6-19(18)24/h3-14H,1-2H3,(H,26,27). The van der Waals surface area contributed by atoms with Crippen molar-refractivity contribution in [3.8, 4) is 17.2 Å². The molecule has 7 nitrogen and oxygen atoms in total. The highest BCUT2D eigenvalue weighted by Crippen LogP contribution is 2.28. The number of rotatable bonds is 7. The van der Waals surface area contributed by atoms with E-state index in [-0.39, 0.29) is 11.7 Å². The van der Waals surface area contributed by atoms with Gasteiger partial charge < -0.3 is 14.2 Å². The van der Waals surface area contributed by atoms with Crippen LogP contribution in [-0.4, -0.2) is 32.3 Å². The van der Waals surface area contributed by atoms with Crippen LogP contribution in [-0.2, 0) is 0 Å². The van der Waals surface area contributed by atoms with E-state index in [2.05, 4.69) is 33.1 Å². The summed E-state index contributed by atoms with van der Waals surface area (Å²) in [6.45, 7) is 0. The number of hydrazone groups is 1. The Labute approximate surface area is 193 Å². The Bertz CT molecular complexity index is 1110. The maximum absolute atomic E-state index is 12.4. The van der Waals surface area contributed by atoms with Crippen molar-refractivity contribution in [2.24, 2.45) is 5.10 Å². The normalized spacial score (nSPS) is 10.5. The maximum Gasteiger partial charge on any atom is 0.343 e. The number of hydrogen-bond donors (Lipinski definition) is 1. The van der Waals surface area contributed by atoms with Gasteiger partial charge in [-0.1, -0.05) is 12.1 Å². The average Bonchev–Trinajstić information content (AvgIpc) is 2.80. The van der Waals surface area contributed by atoms with Crippen LogP contribution in [0.4, 0.5) is 0 Å². The Morgan fingerprint density at radius 3 is 2.35 bits per heavy atom. The number of amides is 1. The minimum Gasteiger partial charge on any atom is -0.497 e. The van der Waals surface area contributed by atoms with Gasteiger partial charge in [0.15, 0.2) is 11.5 Å². The highest BCUT2D eigenvalue weighted by atomic mass is 127. The second-order valence-corrected chi connectivity index (χ2v) is 7.37. The number of halogens is 1. The summed E-state index contributed by atoms with van der Waals surface area (Å²) < 4.78 is 16.7. The van der Waals surface area contributed by atoms with E-state index in [0.29, 0.717) is 28.2 Å². The first-order valence-electron chi connectivity index (χ1n) is 9.14. The van der Waals surface area contributed by atoms with Crippen molar-refractivity contribution in [2.75, 3.05) is 14.2 Å². The molecule has 0 radical (unpaired) electrons. The fraction of sp³-hybridized carbons (Fsp3) is 0.0870. The van der Waals surface area contributed by atoms with Crippen LogP contribution in [0.2, 0.25) is 0 Å². The molecule has 158 valence electrons. The number of ether oxygens (including phenoxy) is 3. The van der Waals surface area contributed by atoms with Crippen molar-refractivity contribution < 1.29 is 23.8 Å². The van der Waals surface area contributed by atoms with E-state index < -0.39 is 5.97 Å². The van der Waals surface area contributed by atoms with Crippen LogP contribution < -0.4 is 19.6 Å². The summed E-state index contributed by atoms with van der Waals surface area (Å²) in [6, 6.07) is 18.8. The molecule has 3 aromatic carbocycles. The van der Waals surface area contributed by atoms with E-state index in [1.165, 1.54) is 13.3 Å². The lowest BCUT2D eigenvalue weighted by molar-refractivity contribution is 0.0729. The van der Waals surface area contributed by atoms with Gasteiger partial charge in [-0.15, -0.1) is 0 Å². The predicted molar refractivity (Wildman–Crippen MR) is 125 cm³/mol. The van der Waals surface area contributed by atoms with Gasteiger partial charge in [0.25, 0.3) is 5.91 Å². The van der Waals surface area contributed by atoms with Crippen LogP contribution >= 0.6 is 22.6 Å². The lowest BCUT2D eigenvalue weighted by Crippen LogP contribution is -2.18. The molecule has 0 bridgehead atoms. The minimum atomic E-state index is -0.521. The molecule has 0 aliphatic rings. The van der Waals surface area contributed by atoms with Gasteiger partial charge in [-0.25, -0.2) is 10.2 Å². The van der Waals surface area contributed by atoms with Gasteiger partial charge in [0.2, 0.25) is 0 Å². The zero-order chi connectivity index (χ0) is 22.2. The number of benzene rings is 3. The lowest BCUT2D eigenvalue weighted by atomic mass is 10.2. The molecule has 0 saturated carbocycles. The van der Waals surface area contributed by atoms with Gasteiger partial charge in [-0.2, -0.15) is 5.10 Å². The minimum absolute atomic E-state index is 0.267. The van der Waals surface area contributed by atoms with Crippen molar-refractivity contribution in [2.45, 2.75) is 0 Å². The monoisotopic (exact) mass is 530 g/mol. The number of nitrogens with one attached hydrogen (secondary N) is 1. The predicted octanol–water partition coefficient (Wildman–Crippen LogP) is 4.29. The summed E-state index contributed by atoms with van der Waals surface area (Å²) in [5, 5.41) is 3.99. The summed E-state index contributed by atoms with van der Waals surface area (Å²) >= 11 is 2.09. The Balaban J connectivity index is 1.67. The van der Waals surface area contributed by atoms with Crippen LogP contribution in [0.5, 0.6) is 17.2 Å². The third-order valence-corrected chi connectivity index (χ3v) is 5.15. The molecule has 0 aliphatic carbocycles. The second-order valence-electron chi connectivity index (χ2n) is 6.21. The molecule has 8 heteroatoms. The smallest absolute Gasteiger partial charge is 0.343 e. The molecular formula is C23H19IN2O5.